The number of halogens is 1. The molecule has 23 heavy (non-hydrogen) atoms. The Bertz CT molecular complexity index is 799. The van der Waals surface area contributed by atoms with Gasteiger partial charge in [0.15, 0.2) is 5.78 Å². The van der Waals surface area contributed by atoms with Gasteiger partial charge in [0, 0.05) is 22.9 Å². The highest BCUT2D eigenvalue weighted by Gasteiger charge is 2.42. The van der Waals surface area contributed by atoms with Crippen LogP contribution in [0.25, 0.3) is 0 Å². The molecular formula is C18H17BrN2O2. The third-order valence-electron chi connectivity index (χ3n) is 4.26. The molecule has 4 nitrogen and oxygen atoms in total. The summed E-state index contributed by atoms with van der Waals surface area (Å²) in [6, 6.07) is 9.74. The van der Waals surface area contributed by atoms with Crippen LogP contribution in [0, 0.1) is 16.7 Å². The molecule has 1 atom stereocenters. The van der Waals surface area contributed by atoms with Gasteiger partial charge in [-0.3, -0.25) is 4.79 Å². The van der Waals surface area contributed by atoms with Gasteiger partial charge in [0.1, 0.15) is 17.4 Å². The first kappa shape index (κ1) is 15.8. The van der Waals surface area contributed by atoms with E-state index in [0.717, 1.165) is 10.0 Å². The summed E-state index contributed by atoms with van der Waals surface area (Å²) in [6.45, 7) is 4.07. The molecule has 3 rings (SSSR count). The first-order valence-corrected chi connectivity index (χ1v) is 8.21. The summed E-state index contributed by atoms with van der Waals surface area (Å²) < 4.78 is 6.56. The molecule has 0 amide bonds. The zero-order valence-electron chi connectivity index (χ0n) is 13.0. The van der Waals surface area contributed by atoms with Gasteiger partial charge < -0.3 is 10.5 Å². The second-order valence-corrected chi connectivity index (χ2v) is 7.67. The van der Waals surface area contributed by atoms with Crippen LogP contribution >= 0.6 is 15.9 Å². The number of hydrogen-bond acceptors (Lipinski definition) is 4. The lowest BCUT2D eigenvalue weighted by atomic mass is 9.70. The highest BCUT2D eigenvalue weighted by atomic mass is 79.9. The second-order valence-electron chi connectivity index (χ2n) is 6.76. The summed E-state index contributed by atoms with van der Waals surface area (Å²) in [4.78, 5) is 12.8. The Hall–Kier alpha value is -2.06. The topological polar surface area (TPSA) is 76.1 Å². The zero-order valence-corrected chi connectivity index (χ0v) is 14.6. The number of nitriles is 1. The maximum atomic E-state index is 12.8. The molecule has 0 fully saturated rings. The molecular weight excluding hydrogens is 356 g/mol. The molecule has 0 aromatic heterocycles. The van der Waals surface area contributed by atoms with Crippen LogP contribution in [0.15, 0.2) is 51.5 Å². The van der Waals surface area contributed by atoms with Crippen molar-refractivity contribution in [2.45, 2.75) is 32.6 Å². The SMILES string of the molecule is CC1(C)CC(=O)C2=C(C1)OC(N)=C(C#N)C2c1cccc(Br)c1. The average Bonchev–Trinajstić information content (AvgIpc) is 2.44. The Morgan fingerprint density at radius 1 is 1.39 bits per heavy atom. The summed E-state index contributed by atoms with van der Waals surface area (Å²) in [7, 11) is 0. The molecule has 1 aromatic rings. The summed E-state index contributed by atoms with van der Waals surface area (Å²) in [6.07, 6.45) is 1.08. The van der Waals surface area contributed by atoms with E-state index >= 15 is 0 Å². The number of ether oxygens (including phenoxy) is 1. The number of carbonyl (C=O) groups excluding carboxylic acids is 1. The molecule has 1 aromatic carbocycles. The van der Waals surface area contributed by atoms with Crippen molar-refractivity contribution < 1.29 is 9.53 Å². The highest BCUT2D eigenvalue weighted by molar-refractivity contribution is 9.10. The minimum Gasteiger partial charge on any atom is -0.444 e. The Labute approximate surface area is 143 Å². The van der Waals surface area contributed by atoms with Crippen molar-refractivity contribution in [2.24, 2.45) is 11.1 Å². The van der Waals surface area contributed by atoms with Crippen molar-refractivity contribution in [2.75, 3.05) is 0 Å². The third-order valence-corrected chi connectivity index (χ3v) is 4.75. The predicted molar refractivity (Wildman–Crippen MR) is 89.8 cm³/mol. The summed E-state index contributed by atoms with van der Waals surface area (Å²) in [5, 5.41) is 9.53. The lowest BCUT2D eigenvalue weighted by Crippen LogP contribution is -2.33. The van der Waals surface area contributed by atoms with Gasteiger partial charge in [-0.2, -0.15) is 5.26 Å². The Morgan fingerprint density at radius 2 is 2.13 bits per heavy atom. The number of allylic oxidation sites excluding steroid dienone is 3. The number of hydrogen-bond donors (Lipinski definition) is 1. The third kappa shape index (κ3) is 2.79. The van der Waals surface area contributed by atoms with Gasteiger partial charge in [-0.15, -0.1) is 0 Å². The van der Waals surface area contributed by atoms with Crippen molar-refractivity contribution in [1.82, 2.24) is 0 Å². The number of carbonyl (C=O) groups is 1. The molecule has 0 spiro atoms. The summed E-state index contributed by atoms with van der Waals surface area (Å²) in [5.74, 6) is 0.278. The molecule has 5 heteroatoms. The van der Waals surface area contributed by atoms with Crippen LogP contribution in [-0.2, 0) is 9.53 Å². The van der Waals surface area contributed by atoms with E-state index in [2.05, 4.69) is 22.0 Å². The van der Waals surface area contributed by atoms with Gasteiger partial charge in [-0.1, -0.05) is 41.9 Å². The predicted octanol–water partition coefficient (Wildman–Crippen LogP) is 3.90. The van der Waals surface area contributed by atoms with Gasteiger partial charge in [-0.25, -0.2) is 0 Å². The fourth-order valence-corrected chi connectivity index (χ4v) is 3.72. The van der Waals surface area contributed by atoms with E-state index in [1.165, 1.54) is 0 Å². The monoisotopic (exact) mass is 372 g/mol. The molecule has 1 heterocycles. The van der Waals surface area contributed by atoms with Crippen molar-refractivity contribution in [3.05, 3.63) is 57.1 Å². The number of Topliss-reactive ketones (excluding diaryl/α,β-unsaturated/α-hetero) is 1. The van der Waals surface area contributed by atoms with Gasteiger partial charge >= 0.3 is 0 Å². The van der Waals surface area contributed by atoms with Crippen LogP contribution in [0.3, 0.4) is 0 Å². The Balaban J connectivity index is 2.19. The van der Waals surface area contributed by atoms with Gasteiger partial charge in [0.25, 0.3) is 0 Å². The minimum atomic E-state index is -0.454. The molecule has 2 aliphatic rings. The van der Waals surface area contributed by atoms with Gasteiger partial charge in [0.2, 0.25) is 5.88 Å². The van der Waals surface area contributed by atoms with Crippen molar-refractivity contribution >= 4 is 21.7 Å². The van der Waals surface area contributed by atoms with Crippen molar-refractivity contribution in [3.63, 3.8) is 0 Å². The van der Waals surface area contributed by atoms with Crippen LogP contribution in [0.4, 0.5) is 0 Å². The van der Waals surface area contributed by atoms with Crippen LogP contribution in [0.2, 0.25) is 0 Å². The van der Waals surface area contributed by atoms with E-state index in [-0.39, 0.29) is 17.1 Å². The quantitative estimate of drug-likeness (QED) is 0.810. The molecule has 0 saturated heterocycles. The molecule has 0 radical (unpaired) electrons. The number of nitrogens with zero attached hydrogens (tertiary/aromatic N) is 1. The first-order valence-electron chi connectivity index (χ1n) is 7.42. The van der Waals surface area contributed by atoms with E-state index in [9.17, 15) is 10.1 Å². The second kappa shape index (κ2) is 5.54. The largest absolute Gasteiger partial charge is 0.444 e. The lowest BCUT2D eigenvalue weighted by molar-refractivity contribution is -0.119. The van der Waals surface area contributed by atoms with E-state index in [4.69, 9.17) is 10.5 Å². The highest BCUT2D eigenvalue weighted by Crippen LogP contribution is 2.47. The van der Waals surface area contributed by atoms with E-state index < -0.39 is 5.92 Å². The zero-order chi connectivity index (χ0) is 16.8. The Morgan fingerprint density at radius 3 is 2.78 bits per heavy atom. The van der Waals surface area contributed by atoms with E-state index in [0.29, 0.717) is 29.7 Å². The maximum Gasteiger partial charge on any atom is 0.205 e. The molecule has 1 aliphatic heterocycles. The van der Waals surface area contributed by atoms with Crippen LogP contribution < -0.4 is 5.73 Å². The Kier molecular flexibility index (Phi) is 3.81. The normalized spacial score (nSPS) is 23.2. The fraction of sp³-hybridized carbons (Fsp3) is 0.333. The molecule has 1 unspecified atom stereocenters. The molecule has 0 bridgehead atoms. The summed E-state index contributed by atoms with van der Waals surface area (Å²) >= 11 is 3.44. The van der Waals surface area contributed by atoms with Crippen molar-refractivity contribution in [3.8, 4) is 6.07 Å². The van der Waals surface area contributed by atoms with Crippen LogP contribution in [-0.4, -0.2) is 5.78 Å². The standard InChI is InChI=1S/C18H17BrN2O2/c1-18(2)7-13(22)16-14(8-18)23-17(21)12(9-20)15(16)10-4-3-5-11(19)6-10/h3-6,15H,7-8,21H2,1-2H3. The van der Waals surface area contributed by atoms with Gasteiger partial charge in [0.05, 0.1) is 5.92 Å². The number of ketones is 1. The molecule has 2 N–H and O–H groups in total. The van der Waals surface area contributed by atoms with E-state index in [1.807, 2.05) is 38.1 Å². The van der Waals surface area contributed by atoms with Gasteiger partial charge in [-0.05, 0) is 23.1 Å². The fourth-order valence-electron chi connectivity index (χ4n) is 3.30. The number of rotatable bonds is 1. The lowest BCUT2D eigenvalue weighted by Gasteiger charge is -2.37. The van der Waals surface area contributed by atoms with Crippen molar-refractivity contribution in [1.29, 1.82) is 5.26 Å². The smallest absolute Gasteiger partial charge is 0.205 e. The van der Waals surface area contributed by atoms with Crippen LogP contribution in [0.5, 0.6) is 0 Å². The van der Waals surface area contributed by atoms with E-state index in [1.54, 1.807) is 0 Å². The number of nitrogens with two attached hydrogens (primary N) is 1. The first-order chi connectivity index (χ1) is 10.8. The average molecular weight is 373 g/mol. The molecule has 0 saturated carbocycles. The molecule has 118 valence electrons. The minimum absolute atomic E-state index is 0.0291. The maximum absolute atomic E-state index is 12.8. The van der Waals surface area contributed by atoms with Crippen LogP contribution in [0.1, 0.15) is 38.2 Å². The molecule has 1 aliphatic carbocycles. The number of benzene rings is 1. The summed E-state index contributed by atoms with van der Waals surface area (Å²) in [5.41, 5.74) is 7.55.